The average Bonchev–Trinajstić information content (AvgIpc) is 2.69. The summed E-state index contributed by atoms with van der Waals surface area (Å²) in [4.78, 5) is 15.2. The van der Waals surface area contributed by atoms with Crippen molar-refractivity contribution in [3.8, 4) is 17.2 Å². The molecule has 150 valence electrons. The van der Waals surface area contributed by atoms with Crippen molar-refractivity contribution in [2.24, 2.45) is 0 Å². The van der Waals surface area contributed by atoms with Crippen LogP contribution in [0.5, 0.6) is 17.2 Å². The Bertz CT molecular complexity index is 888. The smallest absolute Gasteiger partial charge is 0.204 e. The Morgan fingerprint density at radius 3 is 2.21 bits per heavy atom. The van der Waals surface area contributed by atoms with E-state index < -0.39 is 0 Å². The molecule has 2 rings (SSSR count). The molecular weight excluding hydrogens is 356 g/mol. The van der Waals surface area contributed by atoms with Crippen LogP contribution in [0.3, 0.4) is 0 Å². The van der Waals surface area contributed by atoms with Crippen LogP contribution in [-0.4, -0.2) is 41.2 Å². The highest BCUT2D eigenvalue weighted by molar-refractivity contribution is 6.13. The van der Waals surface area contributed by atoms with Crippen LogP contribution in [-0.2, 0) is 0 Å². The Hall–Kier alpha value is -3.15. The molecular formula is C22H28N2O4. The summed E-state index contributed by atoms with van der Waals surface area (Å²) in [6.45, 7) is 1.94. The summed E-state index contributed by atoms with van der Waals surface area (Å²) in [5.41, 5.74) is 9.66. The van der Waals surface area contributed by atoms with Crippen LogP contribution >= 0.6 is 0 Å². The molecule has 6 heteroatoms. The molecule has 0 unspecified atom stereocenters. The molecule has 2 N–H and O–H groups in total. The Morgan fingerprint density at radius 1 is 1.04 bits per heavy atom. The summed E-state index contributed by atoms with van der Waals surface area (Å²) in [6.07, 6.45) is 2.42. The lowest BCUT2D eigenvalue weighted by atomic mass is 9.97. The van der Waals surface area contributed by atoms with E-state index in [0.717, 1.165) is 11.3 Å². The number of hydrogen-bond acceptors (Lipinski definition) is 6. The van der Waals surface area contributed by atoms with Crippen molar-refractivity contribution < 1.29 is 19.0 Å². The number of carbonyl (C=O) groups excluding carboxylic acids is 1. The van der Waals surface area contributed by atoms with Gasteiger partial charge in [0.2, 0.25) is 5.75 Å². The summed E-state index contributed by atoms with van der Waals surface area (Å²) in [5.74, 6) is 1.13. The third kappa shape index (κ3) is 4.22. The van der Waals surface area contributed by atoms with Gasteiger partial charge in [-0.3, -0.25) is 4.79 Å². The molecule has 0 saturated carbocycles. The number of benzene rings is 2. The van der Waals surface area contributed by atoms with Crippen LogP contribution in [0, 0.1) is 0 Å². The molecule has 0 spiro atoms. The molecule has 6 nitrogen and oxygen atoms in total. The SMILES string of the molecule is CCC(=Cc1ccc(N(C)C)c(N)c1)C(=O)c1ccc(OC)c(OC)c1OC. The molecule has 2 aromatic carbocycles. The van der Waals surface area contributed by atoms with Gasteiger partial charge in [-0.1, -0.05) is 13.0 Å². The molecule has 0 radical (unpaired) electrons. The molecule has 0 aliphatic heterocycles. The summed E-state index contributed by atoms with van der Waals surface area (Å²) < 4.78 is 16.1. The highest BCUT2D eigenvalue weighted by Gasteiger charge is 2.22. The van der Waals surface area contributed by atoms with Gasteiger partial charge in [-0.05, 0) is 42.3 Å². The largest absolute Gasteiger partial charge is 0.493 e. The minimum absolute atomic E-state index is 0.129. The van der Waals surface area contributed by atoms with E-state index in [1.54, 1.807) is 12.1 Å². The first-order chi connectivity index (χ1) is 13.4. The summed E-state index contributed by atoms with van der Waals surface area (Å²) in [7, 11) is 8.43. The summed E-state index contributed by atoms with van der Waals surface area (Å²) in [5, 5.41) is 0. The van der Waals surface area contributed by atoms with Crippen molar-refractivity contribution in [2.75, 3.05) is 46.1 Å². The lowest BCUT2D eigenvalue weighted by Crippen LogP contribution is -2.11. The third-order valence-electron chi connectivity index (χ3n) is 4.50. The van der Waals surface area contributed by atoms with Crippen molar-refractivity contribution in [3.63, 3.8) is 0 Å². The predicted molar refractivity (Wildman–Crippen MR) is 114 cm³/mol. The Kier molecular flexibility index (Phi) is 6.93. The number of nitrogens with two attached hydrogens (primary N) is 1. The van der Waals surface area contributed by atoms with Crippen LogP contribution in [0.2, 0.25) is 0 Å². The number of nitrogens with zero attached hydrogens (tertiary/aromatic N) is 1. The van der Waals surface area contributed by atoms with Crippen LogP contribution in [0.15, 0.2) is 35.9 Å². The van der Waals surface area contributed by atoms with E-state index in [1.807, 2.05) is 50.2 Å². The first kappa shape index (κ1) is 21.2. The second-order valence-corrected chi connectivity index (χ2v) is 6.45. The number of anilines is 2. The van der Waals surface area contributed by atoms with Crippen LogP contribution < -0.4 is 24.8 Å². The maximum Gasteiger partial charge on any atom is 0.204 e. The molecule has 0 fully saturated rings. The maximum atomic E-state index is 13.2. The van der Waals surface area contributed by atoms with Crippen molar-refractivity contribution in [1.29, 1.82) is 0 Å². The quantitative estimate of drug-likeness (QED) is 0.421. The van der Waals surface area contributed by atoms with Gasteiger partial charge in [-0.25, -0.2) is 0 Å². The van der Waals surface area contributed by atoms with Gasteiger partial charge < -0.3 is 24.8 Å². The minimum atomic E-state index is -0.129. The molecule has 0 heterocycles. The van der Waals surface area contributed by atoms with Crippen LogP contribution in [0.25, 0.3) is 6.08 Å². The highest BCUT2D eigenvalue weighted by atomic mass is 16.5. The Morgan fingerprint density at radius 2 is 1.71 bits per heavy atom. The summed E-state index contributed by atoms with van der Waals surface area (Å²) in [6, 6.07) is 9.14. The van der Waals surface area contributed by atoms with E-state index >= 15 is 0 Å². The van der Waals surface area contributed by atoms with Gasteiger partial charge in [-0.2, -0.15) is 0 Å². The fraction of sp³-hybridized carbons (Fsp3) is 0.318. The van der Waals surface area contributed by atoms with Crippen LogP contribution in [0.1, 0.15) is 29.3 Å². The number of methoxy groups -OCH3 is 3. The number of Topliss-reactive ketones (excluding diaryl/α,β-unsaturated/α-hetero) is 1. The molecule has 0 bridgehead atoms. The highest BCUT2D eigenvalue weighted by Crippen LogP contribution is 2.40. The van der Waals surface area contributed by atoms with E-state index in [2.05, 4.69) is 0 Å². The van der Waals surface area contributed by atoms with Gasteiger partial charge in [-0.15, -0.1) is 0 Å². The minimum Gasteiger partial charge on any atom is -0.493 e. The van der Waals surface area contributed by atoms with Gasteiger partial charge in [0.15, 0.2) is 17.3 Å². The second-order valence-electron chi connectivity index (χ2n) is 6.45. The van der Waals surface area contributed by atoms with E-state index in [1.165, 1.54) is 21.3 Å². The van der Waals surface area contributed by atoms with E-state index in [0.29, 0.717) is 40.5 Å². The Labute approximate surface area is 166 Å². The maximum absolute atomic E-state index is 13.2. The number of nitrogen functional groups attached to an aromatic ring is 1. The van der Waals surface area contributed by atoms with Gasteiger partial charge in [0.1, 0.15) is 0 Å². The lowest BCUT2D eigenvalue weighted by Gasteiger charge is -2.16. The van der Waals surface area contributed by atoms with Crippen molar-refractivity contribution >= 4 is 23.2 Å². The third-order valence-corrected chi connectivity index (χ3v) is 4.50. The van der Waals surface area contributed by atoms with Crippen molar-refractivity contribution in [2.45, 2.75) is 13.3 Å². The molecule has 0 amide bonds. The lowest BCUT2D eigenvalue weighted by molar-refractivity contribution is 0.102. The average molecular weight is 384 g/mol. The van der Waals surface area contributed by atoms with E-state index in [4.69, 9.17) is 19.9 Å². The zero-order valence-corrected chi connectivity index (χ0v) is 17.3. The molecule has 2 aromatic rings. The normalized spacial score (nSPS) is 11.1. The van der Waals surface area contributed by atoms with E-state index in [9.17, 15) is 4.79 Å². The van der Waals surface area contributed by atoms with Crippen LogP contribution in [0.4, 0.5) is 11.4 Å². The molecule has 0 aromatic heterocycles. The fourth-order valence-corrected chi connectivity index (χ4v) is 3.05. The predicted octanol–water partition coefficient (Wildman–Crippen LogP) is 4.04. The van der Waals surface area contributed by atoms with Gasteiger partial charge in [0.25, 0.3) is 0 Å². The fourth-order valence-electron chi connectivity index (χ4n) is 3.05. The van der Waals surface area contributed by atoms with Gasteiger partial charge >= 0.3 is 0 Å². The van der Waals surface area contributed by atoms with E-state index in [-0.39, 0.29) is 5.78 Å². The second kappa shape index (κ2) is 9.17. The number of rotatable bonds is 8. The number of carbonyl (C=O) groups is 1. The molecule has 28 heavy (non-hydrogen) atoms. The molecule has 0 aliphatic carbocycles. The van der Waals surface area contributed by atoms with Gasteiger partial charge in [0.05, 0.1) is 38.3 Å². The standard InChI is InChI=1S/C22H28N2O4/c1-7-15(12-14-8-10-18(24(2)3)17(23)13-14)20(25)16-9-11-19(26-4)22(28-6)21(16)27-5/h8-13H,7,23H2,1-6H3. The van der Waals surface area contributed by atoms with Crippen molar-refractivity contribution in [3.05, 3.63) is 47.0 Å². The zero-order chi connectivity index (χ0) is 20.8. The first-order valence-electron chi connectivity index (χ1n) is 8.98. The van der Waals surface area contributed by atoms with Crippen molar-refractivity contribution in [1.82, 2.24) is 0 Å². The molecule has 0 saturated heterocycles. The van der Waals surface area contributed by atoms with Gasteiger partial charge in [0, 0.05) is 19.7 Å². The monoisotopic (exact) mass is 384 g/mol. The number of hydrogen-bond donors (Lipinski definition) is 1. The number of ketones is 1. The zero-order valence-electron chi connectivity index (χ0n) is 17.3. The number of allylic oxidation sites excluding steroid dienone is 1. The summed E-state index contributed by atoms with van der Waals surface area (Å²) >= 11 is 0. The topological polar surface area (TPSA) is 74.0 Å². The molecule has 0 aliphatic rings. The Balaban J connectivity index is 2.49. The molecule has 0 atom stereocenters. The number of ether oxygens (including phenoxy) is 3. The first-order valence-corrected chi connectivity index (χ1v) is 8.98.